The fourth-order valence-corrected chi connectivity index (χ4v) is 3.73. The molecule has 0 unspecified atom stereocenters. The number of carbonyl (C=O) groups excluding carboxylic acids is 2. The fraction of sp³-hybridized carbons (Fsp3) is 0.409. The van der Waals surface area contributed by atoms with Gasteiger partial charge < -0.3 is 19.7 Å². The van der Waals surface area contributed by atoms with Crippen LogP contribution < -0.4 is 5.32 Å². The van der Waals surface area contributed by atoms with Gasteiger partial charge in [-0.15, -0.1) is 0 Å². The number of likely N-dealkylation sites (tertiary alicyclic amines) is 1. The number of ether oxygens (including phenoxy) is 2. The number of nitrogens with one attached hydrogen (secondary N) is 1. The molecule has 2 aromatic rings. The third-order valence-corrected chi connectivity index (χ3v) is 5.49. The molecule has 1 aromatic carbocycles. The number of aryl methyl sites for hydroxylation is 1. The van der Waals surface area contributed by atoms with E-state index in [1.807, 2.05) is 24.3 Å². The monoisotopic (exact) mass is 395 g/mol. The lowest BCUT2D eigenvalue weighted by Crippen LogP contribution is -2.47. The lowest BCUT2D eigenvalue weighted by atomic mass is 10.0. The summed E-state index contributed by atoms with van der Waals surface area (Å²) in [6, 6.07) is 9.30. The summed E-state index contributed by atoms with van der Waals surface area (Å²) in [5, 5.41) is 2.85. The standard InChI is InChI=1S/C22H25N3O4/c1-2-16-3-5-19(6-4-16)24-20(26)17-13-18(15-23-14-17)21(27)25-9-7-22(8-10-25)28-11-12-29-22/h3-6,13-15H,2,7-12H2,1H3,(H,24,26). The first-order valence-electron chi connectivity index (χ1n) is 10.0. The van der Waals surface area contributed by atoms with Crippen molar-refractivity contribution in [2.45, 2.75) is 32.0 Å². The number of anilines is 1. The van der Waals surface area contributed by atoms with E-state index in [1.54, 1.807) is 11.0 Å². The van der Waals surface area contributed by atoms with Crippen molar-refractivity contribution in [2.75, 3.05) is 31.6 Å². The molecule has 0 atom stereocenters. The molecule has 2 amide bonds. The molecule has 152 valence electrons. The Morgan fingerprint density at radius 3 is 2.38 bits per heavy atom. The van der Waals surface area contributed by atoms with Gasteiger partial charge in [0.2, 0.25) is 0 Å². The van der Waals surface area contributed by atoms with E-state index in [0.717, 1.165) is 6.42 Å². The van der Waals surface area contributed by atoms with Crippen LogP contribution >= 0.6 is 0 Å². The van der Waals surface area contributed by atoms with E-state index in [1.165, 1.54) is 18.0 Å². The van der Waals surface area contributed by atoms with E-state index in [2.05, 4.69) is 17.2 Å². The molecule has 2 aliphatic rings. The second-order valence-electron chi connectivity index (χ2n) is 7.37. The topological polar surface area (TPSA) is 80.8 Å². The van der Waals surface area contributed by atoms with Crippen molar-refractivity contribution in [3.8, 4) is 0 Å². The summed E-state index contributed by atoms with van der Waals surface area (Å²) < 4.78 is 11.4. The molecule has 2 aliphatic heterocycles. The van der Waals surface area contributed by atoms with Crippen molar-refractivity contribution < 1.29 is 19.1 Å². The first-order chi connectivity index (χ1) is 14.1. The molecule has 29 heavy (non-hydrogen) atoms. The Morgan fingerprint density at radius 1 is 1.07 bits per heavy atom. The predicted molar refractivity (Wildman–Crippen MR) is 108 cm³/mol. The second-order valence-corrected chi connectivity index (χ2v) is 7.37. The molecule has 1 aromatic heterocycles. The Morgan fingerprint density at radius 2 is 1.72 bits per heavy atom. The average Bonchev–Trinajstić information content (AvgIpc) is 3.22. The maximum atomic E-state index is 12.9. The first-order valence-corrected chi connectivity index (χ1v) is 10.0. The molecule has 0 bridgehead atoms. The van der Waals surface area contributed by atoms with Crippen LogP contribution in [0.4, 0.5) is 5.69 Å². The molecule has 7 heteroatoms. The lowest BCUT2D eigenvalue weighted by molar-refractivity contribution is -0.181. The van der Waals surface area contributed by atoms with E-state index >= 15 is 0 Å². The van der Waals surface area contributed by atoms with Gasteiger partial charge in [-0.2, -0.15) is 0 Å². The van der Waals surface area contributed by atoms with Crippen molar-refractivity contribution in [1.29, 1.82) is 0 Å². The number of amides is 2. The van der Waals surface area contributed by atoms with Crippen LogP contribution in [0.5, 0.6) is 0 Å². The average molecular weight is 395 g/mol. The third kappa shape index (κ3) is 4.31. The highest BCUT2D eigenvalue weighted by molar-refractivity contribution is 6.05. The zero-order chi connectivity index (χ0) is 20.3. The van der Waals surface area contributed by atoms with Crippen LogP contribution in [0.3, 0.4) is 0 Å². The van der Waals surface area contributed by atoms with Crippen molar-refractivity contribution in [1.82, 2.24) is 9.88 Å². The largest absolute Gasteiger partial charge is 0.347 e. The number of hydrogen-bond acceptors (Lipinski definition) is 5. The zero-order valence-electron chi connectivity index (χ0n) is 16.5. The van der Waals surface area contributed by atoms with Crippen molar-refractivity contribution in [2.24, 2.45) is 0 Å². The minimum absolute atomic E-state index is 0.132. The SMILES string of the molecule is CCc1ccc(NC(=O)c2cncc(C(=O)N3CCC4(CC3)OCCO4)c2)cc1. The van der Waals surface area contributed by atoms with E-state index in [0.29, 0.717) is 56.0 Å². The van der Waals surface area contributed by atoms with E-state index in [-0.39, 0.29) is 11.8 Å². The van der Waals surface area contributed by atoms with E-state index < -0.39 is 5.79 Å². The Hall–Kier alpha value is -2.77. The van der Waals surface area contributed by atoms with Crippen LogP contribution in [0.15, 0.2) is 42.7 Å². The van der Waals surface area contributed by atoms with Gasteiger partial charge in [-0.05, 0) is 30.2 Å². The third-order valence-electron chi connectivity index (χ3n) is 5.49. The maximum absolute atomic E-state index is 12.9. The summed E-state index contributed by atoms with van der Waals surface area (Å²) in [6.45, 7) is 4.40. The number of benzene rings is 1. The van der Waals surface area contributed by atoms with Crippen LogP contribution in [0, 0.1) is 0 Å². The van der Waals surface area contributed by atoms with Crippen LogP contribution in [0.2, 0.25) is 0 Å². The Labute approximate surface area is 170 Å². The van der Waals surface area contributed by atoms with Gasteiger partial charge in [0, 0.05) is 44.0 Å². The molecule has 1 spiro atoms. The van der Waals surface area contributed by atoms with Gasteiger partial charge >= 0.3 is 0 Å². The van der Waals surface area contributed by atoms with Gasteiger partial charge in [0.25, 0.3) is 11.8 Å². The molecule has 0 radical (unpaired) electrons. The van der Waals surface area contributed by atoms with Crippen LogP contribution in [0.1, 0.15) is 46.0 Å². The summed E-state index contributed by atoms with van der Waals surface area (Å²) in [7, 11) is 0. The first kappa shape index (κ1) is 19.5. The minimum atomic E-state index is -0.524. The predicted octanol–water partition coefficient (Wildman–Crippen LogP) is 2.88. The van der Waals surface area contributed by atoms with Crippen LogP contribution in [-0.4, -0.2) is 53.8 Å². The highest BCUT2D eigenvalue weighted by Crippen LogP contribution is 2.31. The zero-order valence-corrected chi connectivity index (χ0v) is 16.5. The number of pyridine rings is 1. The molecule has 1 N–H and O–H groups in total. The summed E-state index contributed by atoms with van der Waals surface area (Å²) in [5.74, 6) is -0.946. The molecule has 3 heterocycles. The summed E-state index contributed by atoms with van der Waals surface area (Å²) >= 11 is 0. The molecule has 0 aliphatic carbocycles. The van der Waals surface area contributed by atoms with Gasteiger partial charge in [-0.1, -0.05) is 19.1 Å². The molecule has 7 nitrogen and oxygen atoms in total. The quantitative estimate of drug-likeness (QED) is 0.861. The smallest absolute Gasteiger partial charge is 0.257 e. The van der Waals surface area contributed by atoms with Gasteiger partial charge in [-0.25, -0.2) is 0 Å². The highest BCUT2D eigenvalue weighted by atomic mass is 16.7. The van der Waals surface area contributed by atoms with Crippen molar-refractivity contribution in [3.05, 3.63) is 59.4 Å². The van der Waals surface area contributed by atoms with Gasteiger partial charge in [0.15, 0.2) is 5.79 Å². The van der Waals surface area contributed by atoms with E-state index in [4.69, 9.17) is 9.47 Å². The molecule has 2 fully saturated rings. The molecular weight excluding hydrogens is 370 g/mol. The normalized spacial score (nSPS) is 18.0. The summed E-state index contributed by atoms with van der Waals surface area (Å²) in [5.41, 5.74) is 2.67. The lowest BCUT2D eigenvalue weighted by Gasteiger charge is -2.37. The molecule has 4 rings (SSSR count). The van der Waals surface area contributed by atoms with Gasteiger partial charge in [-0.3, -0.25) is 14.6 Å². The number of carbonyl (C=O) groups is 2. The number of piperidine rings is 1. The Bertz CT molecular complexity index is 881. The maximum Gasteiger partial charge on any atom is 0.257 e. The number of hydrogen-bond donors (Lipinski definition) is 1. The van der Waals surface area contributed by atoms with Crippen molar-refractivity contribution in [3.63, 3.8) is 0 Å². The minimum Gasteiger partial charge on any atom is -0.347 e. The van der Waals surface area contributed by atoms with E-state index in [9.17, 15) is 9.59 Å². The Balaban J connectivity index is 1.41. The van der Waals surface area contributed by atoms with Crippen LogP contribution in [0.25, 0.3) is 0 Å². The Kier molecular flexibility index (Phi) is 5.60. The molecule has 0 saturated carbocycles. The number of nitrogens with zero attached hydrogens (tertiary/aromatic N) is 2. The highest BCUT2D eigenvalue weighted by Gasteiger charge is 2.40. The number of rotatable bonds is 4. The summed E-state index contributed by atoms with van der Waals surface area (Å²) in [6.07, 6.45) is 5.22. The van der Waals surface area contributed by atoms with Crippen molar-refractivity contribution >= 4 is 17.5 Å². The summed E-state index contributed by atoms with van der Waals surface area (Å²) in [4.78, 5) is 31.3. The number of aromatic nitrogens is 1. The molecular formula is C22H25N3O4. The van der Waals surface area contributed by atoms with Crippen LogP contribution in [-0.2, 0) is 15.9 Å². The van der Waals surface area contributed by atoms with Gasteiger partial charge in [0.1, 0.15) is 0 Å². The second kappa shape index (κ2) is 8.31. The fourth-order valence-electron chi connectivity index (χ4n) is 3.73. The van der Waals surface area contributed by atoms with Gasteiger partial charge in [0.05, 0.1) is 24.3 Å². The molecule has 2 saturated heterocycles.